The topological polar surface area (TPSA) is 86.9 Å². The van der Waals surface area contributed by atoms with Gasteiger partial charge in [-0.3, -0.25) is 4.99 Å². The molecule has 0 radical (unpaired) electrons. The van der Waals surface area contributed by atoms with Crippen molar-refractivity contribution >= 4 is 16.7 Å². The van der Waals surface area contributed by atoms with Crippen molar-refractivity contribution in [1.82, 2.24) is 5.32 Å². The quantitative estimate of drug-likeness (QED) is 0.310. The molecule has 9 nitrogen and oxygen atoms in total. The van der Waals surface area contributed by atoms with Crippen molar-refractivity contribution in [2.75, 3.05) is 91.5 Å². The molecular weight excluding hydrogens is 546 g/mol. The third-order valence-electron chi connectivity index (χ3n) is 7.38. The first-order valence-corrected chi connectivity index (χ1v) is 15.1. The van der Waals surface area contributed by atoms with E-state index >= 15 is 0 Å². The molecule has 2 aromatic carbocycles. The van der Waals surface area contributed by atoms with Crippen molar-refractivity contribution in [3.8, 4) is 28.2 Å². The maximum Gasteiger partial charge on any atom is 0.143 e. The van der Waals surface area contributed by atoms with Gasteiger partial charge in [0.05, 0.1) is 57.3 Å². The minimum absolute atomic E-state index is 0.423. The van der Waals surface area contributed by atoms with E-state index in [9.17, 15) is 0 Å². The fraction of sp³-hybridized carbons (Fsp3) is 0.441. The van der Waals surface area contributed by atoms with E-state index in [2.05, 4.69) is 63.7 Å². The highest BCUT2D eigenvalue weighted by molar-refractivity contribution is 6.02. The summed E-state index contributed by atoms with van der Waals surface area (Å²) in [5, 5.41) is 5.18. The van der Waals surface area contributed by atoms with Gasteiger partial charge in [0.15, 0.2) is 0 Å². The highest BCUT2D eigenvalue weighted by Gasteiger charge is 2.20. The summed E-state index contributed by atoms with van der Waals surface area (Å²) >= 11 is 0. The molecule has 230 valence electrons. The Labute approximate surface area is 253 Å². The van der Waals surface area contributed by atoms with Crippen LogP contribution in [-0.4, -0.2) is 86.6 Å². The van der Waals surface area contributed by atoms with E-state index < -0.39 is 0 Å². The summed E-state index contributed by atoms with van der Waals surface area (Å²) in [7, 11) is 3.67. The standard InChI is InChI=1S/C34H43N3O6/c1-4-36-27-7-9-29-32(23-27)43-31-21-25(24-35-2)5-8-28(31)34(29)26-6-10-30-33(22-26)42-20-19-41-18-17-40-16-15-39-14-12-37(30)11-13-38-3/h5-10,21-23,35H,4,11-20,24H2,1-3H3. The molecule has 0 spiro atoms. The number of benzene rings is 3. The van der Waals surface area contributed by atoms with Gasteiger partial charge >= 0.3 is 0 Å². The van der Waals surface area contributed by atoms with Crippen LogP contribution in [0.2, 0.25) is 0 Å². The van der Waals surface area contributed by atoms with Crippen molar-refractivity contribution < 1.29 is 28.1 Å². The zero-order chi connectivity index (χ0) is 29.9. The first kappa shape index (κ1) is 31.0. The van der Waals surface area contributed by atoms with Gasteiger partial charge in [0, 0.05) is 55.9 Å². The lowest BCUT2D eigenvalue weighted by Gasteiger charge is -2.27. The Kier molecular flexibility index (Phi) is 11.4. The van der Waals surface area contributed by atoms with Crippen LogP contribution in [0.3, 0.4) is 0 Å². The van der Waals surface area contributed by atoms with Crippen molar-refractivity contribution in [3.05, 3.63) is 65.5 Å². The van der Waals surface area contributed by atoms with Crippen LogP contribution in [0, 0.1) is 0 Å². The summed E-state index contributed by atoms with van der Waals surface area (Å²) in [5.74, 6) is 1.58. The van der Waals surface area contributed by atoms with E-state index in [0.29, 0.717) is 72.5 Å². The van der Waals surface area contributed by atoms with E-state index in [-0.39, 0.29) is 0 Å². The molecule has 1 aliphatic carbocycles. The van der Waals surface area contributed by atoms with Gasteiger partial charge in [-0.2, -0.15) is 0 Å². The van der Waals surface area contributed by atoms with Gasteiger partial charge in [-0.25, -0.2) is 0 Å². The fourth-order valence-electron chi connectivity index (χ4n) is 5.36. The third-order valence-corrected chi connectivity index (χ3v) is 7.38. The average molecular weight is 590 g/mol. The Balaban J connectivity index is 1.63. The molecule has 43 heavy (non-hydrogen) atoms. The van der Waals surface area contributed by atoms with Gasteiger partial charge in [-0.15, -0.1) is 0 Å². The average Bonchev–Trinajstić information content (AvgIpc) is 3.02. The van der Waals surface area contributed by atoms with Crippen LogP contribution >= 0.6 is 0 Å². The van der Waals surface area contributed by atoms with E-state index in [1.165, 1.54) is 0 Å². The Morgan fingerprint density at radius 2 is 1.67 bits per heavy atom. The lowest BCUT2D eigenvalue weighted by Crippen LogP contribution is -2.31. The molecule has 0 aromatic heterocycles. The van der Waals surface area contributed by atoms with Gasteiger partial charge in [-0.1, -0.05) is 18.2 Å². The fourth-order valence-corrected chi connectivity index (χ4v) is 5.36. The zero-order valence-corrected chi connectivity index (χ0v) is 25.5. The van der Waals surface area contributed by atoms with Gasteiger partial charge in [0.1, 0.15) is 23.7 Å². The Bertz CT molecular complexity index is 1500. The molecule has 0 saturated heterocycles. The van der Waals surface area contributed by atoms with Crippen molar-refractivity contribution in [2.45, 2.75) is 13.5 Å². The maximum absolute atomic E-state index is 6.50. The minimum Gasteiger partial charge on any atom is -0.489 e. The molecular formula is C34H43N3O6. The molecule has 0 amide bonds. The zero-order valence-electron chi connectivity index (χ0n) is 25.5. The number of anilines is 1. The van der Waals surface area contributed by atoms with Gasteiger partial charge in [0.25, 0.3) is 0 Å². The molecule has 3 aliphatic rings. The number of fused-ring (bicyclic) bond motifs is 3. The summed E-state index contributed by atoms with van der Waals surface area (Å²) in [5.41, 5.74) is 6.14. The van der Waals surface area contributed by atoms with Crippen molar-refractivity contribution in [3.63, 3.8) is 0 Å². The van der Waals surface area contributed by atoms with E-state index in [1.807, 2.05) is 20.0 Å². The molecule has 0 saturated carbocycles. The molecule has 1 N–H and O–H groups in total. The molecule has 2 heterocycles. The summed E-state index contributed by atoms with van der Waals surface area (Å²) < 4.78 is 35.6. The second kappa shape index (κ2) is 15.8. The minimum atomic E-state index is 0.423. The molecule has 2 aromatic rings. The second-order valence-electron chi connectivity index (χ2n) is 10.3. The number of rotatable bonds is 7. The van der Waals surface area contributed by atoms with Gasteiger partial charge in [-0.05, 0) is 55.4 Å². The number of methoxy groups -OCH3 is 1. The smallest absolute Gasteiger partial charge is 0.143 e. The van der Waals surface area contributed by atoms with Gasteiger partial charge < -0.3 is 38.3 Å². The molecule has 0 unspecified atom stereocenters. The maximum atomic E-state index is 6.50. The largest absolute Gasteiger partial charge is 0.489 e. The number of hydrogen-bond acceptors (Lipinski definition) is 9. The number of nitrogens with one attached hydrogen (secondary N) is 1. The van der Waals surface area contributed by atoms with E-state index in [0.717, 1.165) is 62.3 Å². The lowest BCUT2D eigenvalue weighted by molar-refractivity contribution is 0.0110. The molecule has 9 heteroatoms. The predicted molar refractivity (Wildman–Crippen MR) is 169 cm³/mol. The highest BCUT2D eigenvalue weighted by atomic mass is 16.6. The normalized spacial score (nSPS) is 16.1. The highest BCUT2D eigenvalue weighted by Crippen LogP contribution is 2.42. The first-order chi connectivity index (χ1) is 21.2. The summed E-state index contributed by atoms with van der Waals surface area (Å²) in [6, 6.07) is 19.0. The molecule has 2 aliphatic heterocycles. The predicted octanol–water partition coefficient (Wildman–Crippen LogP) is 4.74. The Morgan fingerprint density at radius 1 is 0.884 bits per heavy atom. The number of nitrogens with zero attached hydrogens (tertiary/aromatic N) is 2. The van der Waals surface area contributed by atoms with Crippen LogP contribution in [0.25, 0.3) is 33.4 Å². The van der Waals surface area contributed by atoms with Crippen LogP contribution in [0.5, 0.6) is 5.75 Å². The molecule has 5 rings (SSSR count). The van der Waals surface area contributed by atoms with Crippen LogP contribution in [0.4, 0.5) is 5.69 Å². The van der Waals surface area contributed by atoms with Crippen LogP contribution in [0.1, 0.15) is 12.5 Å². The summed E-state index contributed by atoms with van der Waals surface area (Å²) in [6.07, 6.45) is 0. The molecule has 0 atom stereocenters. The van der Waals surface area contributed by atoms with Crippen molar-refractivity contribution in [2.24, 2.45) is 4.99 Å². The van der Waals surface area contributed by atoms with Crippen molar-refractivity contribution in [1.29, 1.82) is 0 Å². The SMILES string of the molecule is CCN=c1ccc2c(-c3ccc4c(c3)OCCOCCOCCOCCN4CCOC)c3ccc(CNC)cc3oc-2c1. The first-order valence-electron chi connectivity index (χ1n) is 15.1. The van der Waals surface area contributed by atoms with Crippen LogP contribution in [-0.2, 0) is 25.5 Å². The Hall–Kier alpha value is -3.47. The third kappa shape index (κ3) is 7.93. The van der Waals surface area contributed by atoms with E-state index in [4.69, 9.17) is 28.1 Å². The van der Waals surface area contributed by atoms with Gasteiger partial charge in [0.2, 0.25) is 0 Å². The summed E-state index contributed by atoms with van der Waals surface area (Å²) in [4.78, 5) is 6.86. The molecule has 0 bridgehead atoms. The summed E-state index contributed by atoms with van der Waals surface area (Å²) in [6.45, 7) is 9.10. The monoisotopic (exact) mass is 589 g/mol. The number of ether oxygens (including phenoxy) is 5. The number of hydrogen-bond donors (Lipinski definition) is 1. The molecule has 0 fully saturated rings. The van der Waals surface area contributed by atoms with Crippen LogP contribution in [0.15, 0.2) is 64.0 Å². The Morgan fingerprint density at radius 3 is 2.44 bits per heavy atom. The second-order valence-corrected chi connectivity index (χ2v) is 10.3. The lowest BCUT2D eigenvalue weighted by atomic mass is 9.92. The van der Waals surface area contributed by atoms with E-state index in [1.54, 1.807) is 7.11 Å². The van der Waals surface area contributed by atoms with Crippen LogP contribution < -0.4 is 20.3 Å².